The molecule has 1 aliphatic carbocycles. The predicted molar refractivity (Wildman–Crippen MR) is 128 cm³/mol. The SMILES string of the molecule is COc1cc(C(=O)OCC(=O)N[C@H]2CCC[C@H](C)[C@H]2C)ccc1OCC(=O)Nc1ccc(F)cc1. The van der Waals surface area contributed by atoms with E-state index in [1.807, 2.05) is 0 Å². The van der Waals surface area contributed by atoms with Gasteiger partial charge in [0.15, 0.2) is 24.7 Å². The molecule has 1 fully saturated rings. The quantitative estimate of drug-likeness (QED) is 0.521. The van der Waals surface area contributed by atoms with Gasteiger partial charge in [-0.25, -0.2) is 9.18 Å². The largest absolute Gasteiger partial charge is 0.493 e. The number of hydrogen-bond acceptors (Lipinski definition) is 6. The summed E-state index contributed by atoms with van der Waals surface area (Å²) in [4.78, 5) is 36.8. The number of carbonyl (C=O) groups excluding carboxylic acids is 3. The highest BCUT2D eigenvalue weighted by molar-refractivity contribution is 5.93. The Hall–Kier alpha value is -3.62. The number of rotatable bonds is 9. The summed E-state index contributed by atoms with van der Waals surface area (Å²) in [6.45, 7) is 3.61. The molecule has 3 rings (SSSR count). The fourth-order valence-electron chi connectivity index (χ4n) is 4.04. The van der Waals surface area contributed by atoms with Crippen LogP contribution in [0.2, 0.25) is 0 Å². The van der Waals surface area contributed by atoms with Gasteiger partial charge in [-0.15, -0.1) is 0 Å². The molecule has 0 unspecified atom stereocenters. The summed E-state index contributed by atoms with van der Waals surface area (Å²) < 4.78 is 28.9. The van der Waals surface area contributed by atoms with Gasteiger partial charge in [-0.2, -0.15) is 0 Å². The van der Waals surface area contributed by atoms with Crippen LogP contribution in [-0.4, -0.2) is 44.1 Å². The van der Waals surface area contributed by atoms with Crippen molar-refractivity contribution < 1.29 is 33.0 Å². The van der Waals surface area contributed by atoms with Crippen molar-refractivity contribution in [3.63, 3.8) is 0 Å². The number of esters is 1. The van der Waals surface area contributed by atoms with Crippen LogP contribution in [0.5, 0.6) is 11.5 Å². The van der Waals surface area contributed by atoms with E-state index < -0.39 is 17.7 Å². The molecule has 8 nitrogen and oxygen atoms in total. The zero-order valence-corrected chi connectivity index (χ0v) is 20.1. The van der Waals surface area contributed by atoms with Gasteiger partial charge < -0.3 is 24.8 Å². The molecular formula is C26H31FN2O6. The number of benzene rings is 2. The van der Waals surface area contributed by atoms with Crippen LogP contribution >= 0.6 is 0 Å². The molecule has 2 N–H and O–H groups in total. The highest BCUT2D eigenvalue weighted by Gasteiger charge is 2.28. The molecule has 2 aromatic rings. The van der Waals surface area contributed by atoms with E-state index in [1.54, 1.807) is 0 Å². The molecule has 1 saturated carbocycles. The molecule has 3 atom stereocenters. The van der Waals surface area contributed by atoms with Crippen LogP contribution in [0.25, 0.3) is 0 Å². The topological polar surface area (TPSA) is 103 Å². The van der Waals surface area contributed by atoms with Gasteiger partial charge in [-0.05, 0) is 60.7 Å². The average molecular weight is 487 g/mol. The maximum atomic E-state index is 13.0. The number of methoxy groups -OCH3 is 1. The normalized spacial score (nSPS) is 19.4. The Kier molecular flexibility index (Phi) is 9.05. The second kappa shape index (κ2) is 12.2. The third-order valence-corrected chi connectivity index (χ3v) is 6.27. The number of hydrogen-bond donors (Lipinski definition) is 2. The molecule has 0 aromatic heterocycles. The van der Waals surface area contributed by atoms with Crippen LogP contribution < -0.4 is 20.1 Å². The Bertz CT molecular complexity index is 1040. The molecule has 188 valence electrons. The van der Waals surface area contributed by atoms with Crippen molar-refractivity contribution in [3.8, 4) is 11.5 Å². The molecule has 0 bridgehead atoms. The van der Waals surface area contributed by atoms with Crippen molar-refractivity contribution in [2.45, 2.75) is 39.2 Å². The predicted octanol–water partition coefficient (Wildman–Crippen LogP) is 3.95. The summed E-state index contributed by atoms with van der Waals surface area (Å²) in [5, 5.41) is 5.55. The van der Waals surface area contributed by atoms with Gasteiger partial charge in [0.2, 0.25) is 0 Å². The summed E-state index contributed by atoms with van der Waals surface area (Å²) in [5.41, 5.74) is 0.610. The van der Waals surface area contributed by atoms with Gasteiger partial charge >= 0.3 is 5.97 Å². The summed E-state index contributed by atoms with van der Waals surface area (Å²) in [5.74, 6) is -0.476. The Morgan fingerprint density at radius 2 is 1.71 bits per heavy atom. The minimum absolute atomic E-state index is 0.0849. The molecule has 1 aliphatic rings. The maximum Gasteiger partial charge on any atom is 0.338 e. The number of nitrogens with one attached hydrogen (secondary N) is 2. The van der Waals surface area contributed by atoms with E-state index in [2.05, 4.69) is 24.5 Å². The molecule has 2 amide bonds. The number of ether oxygens (including phenoxy) is 3. The molecule has 0 spiro atoms. The van der Waals surface area contributed by atoms with Crippen molar-refractivity contribution >= 4 is 23.5 Å². The molecular weight excluding hydrogens is 455 g/mol. The number of anilines is 1. The molecule has 35 heavy (non-hydrogen) atoms. The van der Waals surface area contributed by atoms with Crippen LogP contribution in [-0.2, 0) is 14.3 Å². The lowest BCUT2D eigenvalue weighted by Crippen LogP contribution is -2.45. The molecule has 9 heteroatoms. The van der Waals surface area contributed by atoms with Crippen LogP contribution in [0.15, 0.2) is 42.5 Å². The molecule has 0 heterocycles. The lowest BCUT2D eigenvalue weighted by Gasteiger charge is -2.34. The van der Waals surface area contributed by atoms with Crippen LogP contribution in [0, 0.1) is 17.7 Å². The van der Waals surface area contributed by atoms with E-state index >= 15 is 0 Å². The van der Waals surface area contributed by atoms with E-state index in [-0.39, 0.29) is 42.2 Å². The molecule has 0 radical (unpaired) electrons. The molecule has 0 aliphatic heterocycles. The van der Waals surface area contributed by atoms with Crippen molar-refractivity contribution in [1.29, 1.82) is 0 Å². The monoisotopic (exact) mass is 486 g/mol. The second-order valence-corrected chi connectivity index (χ2v) is 8.73. The van der Waals surface area contributed by atoms with Gasteiger partial charge in [0.1, 0.15) is 5.82 Å². The number of halogens is 1. The van der Waals surface area contributed by atoms with E-state index in [4.69, 9.17) is 14.2 Å². The Morgan fingerprint density at radius 3 is 2.43 bits per heavy atom. The van der Waals surface area contributed by atoms with Crippen molar-refractivity contribution in [2.24, 2.45) is 11.8 Å². The summed E-state index contributed by atoms with van der Waals surface area (Å²) in [7, 11) is 1.40. The summed E-state index contributed by atoms with van der Waals surface area (Å²) in [6.07, 6.45) is 3.15. The molecule has 0 saturated heterocycles. The minimum Gasteiger partial charge on any atom is -0.493 e. The first-order valence-electron chi connectivity index (χ1n) is 11.6. The van der Waals surface area contributed by atoms with Crippen molar-refractivity contribution in [1.82, 2.24) is 5.32 Å². The van der Waals surface area contributed by atoms with Gasteiger partial charge in [0.25, 0.3) is 11.8 Å². The fraction of sp³-hybridized carbons (Fsp3) is 0.423. The second-order valence-electron chi connectivity index (χ2n) is 8.73. The Morgan fingerprint density at radius 1 is 0.971 bits per heavy atom. The van der Waals surface area contributed by atoms with E-state index in [9.17, 15) is 18.8 Å². The zero-order chi connectivity index (χ0) is 25.4. The summed E-state index contributed by atoms with van der Waals surface area (Å²) in [6, 6.07) is 9.78. The highest BCUT2D eigenvalue weighted by Crippen LogP contribution is 2.30. The van der Waals surface area contributed by atoms with Crippen molar-refractivity contribution in [3.05, 3.63) is 53.8 Å². The lowest BCUT2D eigenvalue weighted by molar-refractivity contribution is -0.125. The Labute approximate surface area is 204 Å². The highest BCUT2D eigenvalue weighted by atomic mass is 19.1. The molecule has 2 aromatic carbocycles. The lowest BCUT2D eigenvalue weighted by atomic mass is 9.78. The Balaban J connectivity index is 1.50. The standard InChI is InChI=1S/C26H31FN2O6/c1-16-5-4-6-21(17(16)2)29-25(31)15-35-26(32)18-7-12-22(23(13-18)33-3)34-14-24(30)28-20-10-8-19(27)9-11-20/h7-13,16-17,21H,4-6,14-15H2,1-3H3,(H,28,30)(H,29,31)/t16-,17+,21-/m0/s1. The summed E-state index contributed by atoms with van der Waals surface area (Å²) >= 11 is 0. The van der Waals surface area contributed by atoms with E-state index in [0.29, 0.717) is 17.5 Å². The average Bonchev–Trinajstić information content (AvgIpc) is 2.85. The van der Waals surface area contributed by atoms with Crippen LogP contribution in [0.4, 0.5) is 10.1 Å². The van der Waals surface area contributed by atoms with Gasteiger partial charge in [-0.3, -0.25) is 9.59 Å². The first-order chi connectivity index (χ1) is 16.8. The van der Waals surface area contributed by atoms with Gasteiger partial charge in [-0.1, -0.05) is 26.7 Å². The third-order valence-electron chi connectivity index (χ3n) is 6.27. The minimum atomic E-state index is -0.677. The van der Waals surface area contributed by atoms with Gasteiger partial charge in [0, 0.05) is 11.7 Å². The number of carbonyl (C=O) groups is 3. The van der Waals surface area contributed by atoms with Crippen LogP contribution in [0.3, 0.4) is 0 Å². The van der Waals surface area contributed by atoms with Crippen molar-refractivity contribution in [2.75, 3.05) is 25.6 Å². The van der Waals surface area contributed by atoms with E-state index in [0.717, 1.165) is 19.3 Å². The third kappa shape index (κ3) is 7.43. The van der Waals surface area contributed by atoms with Gasteiger partial charge in [0.05, 0.1) is 12.7 Å². The first-order valence-corrected chi connectivity index (χ1v) is 11.6. The zero-order valence-electron chi connectivity index (χ0n) is 20.1. The smallest absolute Gasteiger partial charge is 0.338 e. The van der Waals surface area contributed by atoms with Crippen LogP contribution in [0.1, 0.15) is 43.5 Å². The number of amides is 2. The maximum absolute atomic E-state index is 13.0. The first kappa shape index (κ1) is 26.0. The van der Waals surface area contributed by atoms with E-state index in [1.165, 1.54) is 49.6 Å². The fourth-order valence-corrected chi connectivity index (χ4v) is 4.04.